The van der Waals surface area contributed by atoms with Crippen molar-refractivity contribution in [2.24, 2.45) is 0 Å². The molecule has 0 aliphatic rings. The second kappa shape index (κ2) is 5.75. The second-order valence-electron chi connectivity index (χ2n) is 3.85. The highest BCUT2D eigenvalue weighted by molar-refractivity contribution is 9.10. The van der Waals surface area contributed by atoms with E-state index in [2.05, 4.69) is 34.2 Å². The van der Waals surface area contributed by atoms with Crippen LogP contribution in [0.5, 0.6) is 0 Å². The quantitative estimate of drug-likeness (QED) is 0.832. The van der Waals surface area contributed by atoms with Crippen LogP contribution in [0.3, 0.4) is 0 Å². The number of hydrogen-bond acceptors (Lipinski definition) is 3. The SMILES string of the molecule is CC(Nc1cc(Br)cc(C#N)c1)c1ccc(Cl)s1. The lowest BCUT2D eigenvalue weighted by atomic mass is 10.2. The van der Waals surface area contributed by atoms with E-state index < -0.39 is 0 Å². The van der Waals surface area contributed by atoms with Crippen LogP contribution in [0.2, 0.25) is 4.34 Å². The summed E-state index contributed by atoms with van der Waals surface area (Å²) in [5, 5.41) is 12.3. The number of thiophene rings is 1. The Morgan fingerprint density at radius 3 is 2.78 bits per heavy atom. The summed E-state index contributed by atoms with van der Waals surface area (Å²) in [6.45, 7) is 2.06. The van der Waals surface area contributed by atoms with Crippen LogP contribution in [0.4, 0.5) is 5.69 Å². The molecule has 0 saturated carbocycles. The van der Waals surface area contributed by atoms with Gasteiger partial charge in [0.15, 0.2) is 0 Å². The summed E-state index contributed by atoms with van der Waals surface area (Å²) < 4.78 is 1.67. The third kappa shape index (κ3) is 3.26. The summed E-state index contributed by atoms with van der Waals surface area (Å²) in [6.07, 6.45) is 0. The molecule has 0 aliphatic heterocycles. The summed E-state index contributed by atoms with van der Waals surface area (Å²) in [7, 11) is 0. The molecule has 0 aliphatic carbocycles. The zero-order chi connectivity index (χ0) is 13.1. The minimum Gasteiger partial charge on any atom is -0.378 e. The van der Waals surface area contributed by atoms with E-state index in [0.717, 1.165) is 14.5 Å². The van der Waals surface area contributed by atoms with Crippen LogP contribution in [-0.4, -0.2) is 0 Å². The molecular weight excluding hydrogens is 332 g/mol. The molecule has 1 aromatic heterocycles. The topological polar surface area (TPSA) is 35.8 Å². The summed E-state index contributed by atoms with van der Waals surface area (Å²) in [5.74, 6) is 0. The molecule has 1 N–H and O–H groups in total. The monoisotopic (exact) mass is 340 g/mol. The Labute approximate surface area is 123 Å². The predicted octanol–water partition coefficient (Wildman–Crippen LogP) is 5.21. The molecular formula is C13H10BrClN2S. The van der Waals surface area contributed by atoms with Crippen LogP contribution < -0.4 is 5.32 Å². The van der Waals surface area contributed by atoms with Crippen molar-refractivity contribution in [2.75, 3.05) is 5.32 Å². The minimum absolute atomic E-state index is 0.156. The molecule has 18 heavy (non-hydrogen) atoms. The lowest BCUT2D eigenvalue weighted by Gasteiger charge is -2.14. The van der Waals surface area contributed by atoms with Crippen molar-refractivity contribution in [3.63, 3.8) is 0 Å². The standard InChI is InChI=1S/C13H10BrClN2S/c1-8(12-2-3-13(15)18-12)17-11-5-9(7-16)4-10(14)6-11/h2-6,8,17H,1H3. The highest BCUT2D eigenvalue weighted by atomic mass is 79.9. The first-order valence-corrected chi connectivity index (χ1v) is 7.29. The van der Waals surface area contributed by atoms with Crippen LogP contribution in [-0.2, 0) is 0 Å². The molecule has 2 aromatic rings. The van der Waals surface area contributed by atoms with E-state index in [4.69, 9.17) is 16.9 Å². The van der Waals surface area contributed by atoms with Crippen LogP contribution >= 0.6 is 38.9 Å². The van der Waals surface area contributed by atoms with Crippen molar-refractivity contribution >= 4 is 44.6 Å². The van der Waals surface area contributed by atoms with E-state index in [1.807, 2.05) is 24.3 Å². The lowest BCUT2D eigenvalue weighted by Crippen LogP contribution is -2.04. The zero-order valence-corrected chi connectivity index (χ0v) is 12.7. The molecule has 1 heterocycles. The van der Waals surface area contributed by atoms with E-state index in [1.54, 1.807) is 17.4 Å². The minimum atomic E-state index is 0.156. The van der Waals surface area contributed by atoms with Gasteiger partial charge in [0.1, 0.15) is 0 Å². The van der Waals surface area contributed by atoms with Gasteiger partial charge in [-0.2, -0.15) is 5.26 Å². The van der Waals surface area contributed by atoms with E-state index in [9.17, 15) is 0 Å². The van der Waals surface area contributed by atoms with Crippen LogP contribution in [0, 0.1) is 11.3 Å². The van der Waals surface area contributed by atoms with E-state index in [1.165, 1.54) is 4.88 Å². The Kier molecular flexibility index (Phi) is 4.28. The molecule has 0 spiro atoms. The highest BCUT2D eigenvalue weighted by Crippen LogP contribution is 2.30. The van der Waals surface area contributed by atoms with Gasteiger partial charge in [-0.1, -0.05) is 27.5 Å². The molecule has 0 saturated heterocycles. The summed E-state index contributed by atoms with van der Waals surface area (Å²) >= 11 is 10.9. The van der Waals surface area contributed by atoms with Crippen LogP contribution in [0.15, 0.2) is 34.8 Å². The average molecular weight is 342 g/mol. The second-order valence-corrected chi connectivity index (χ2v) is 6.51. The first-order valence-electron chi connectivity index (χ1n) is 5.31. The Hall–Kier alpha value is -1.02. The van der Waals surface area contributed by atoms with Crippen LogP contribution in [0.25, 0.3) is 0 Å². The average Bonchev–Trinajstić information content (AvgIpc) is 2.75. The molecule has 0 radical (unpaired) electrons. The number of nitrogens with one attached hydrogen (secondary N) is 1. The molecule has 92 valence electrons. The largest absolute Gasteiger partial charge is 0.378 e. The van der Waals surface area contributed by atoms with Gasteiger partial charge >= 0.3 is 0 Å². The van der Waals surface area contributed by atoms with Crippen molar-refractivity contribution in [1.82, 2.24) is 0 Å². The highest BCUT2D eigenvalue weighted by Gasteiger charge is 2.09. The van der Waals surface area contributed by atoms with Crippen molar-refractivity contribution in [3.8, 4) is 6.07 Å². The predicted molar refractivity (Wildman–Crippen MR) is 80.2 cm³/mol. The van der Waals surface area contributed by atoms with Crippen molar-refractivity contribution in [2.45, 2.75) is 13.0 Å². The van der Waals surface area contributed by atoms with Crippen molar-refractivity contribution < 1.29 is 0 Å². The summed E-state index contributed by atoms with van der Waals surface area (Å²) in [6, 6.07) is 11.8. The zero-order valence-electron chi connectivity index (χ0n) is 9.58. The smallest absolute Gasteiger partial charge is 0.0992 e. The van der Waals surface area contributed by atoms with Gasteiger partial charge < -0.3 is 5.32 Å². The number of benzene rings is 1. The van der Waals surface area contributed by atoms with Crippen molar-refractivity contribution in [3.05, 3.63) is 49.6 Å². The van der Waals surface area contributed by atoms with E-state index >= 15 is 0 Å². The molecule has 0 fully saturated rings. The molecule has 1 unspecified atom stereocenters. The maximum atomic E-state index is 8.93. The third-order valence-electron chi connectivity index (χ3n) is 2.43. The maximum Gasteiger partial charge on any atom is 0.0992 e. The number of anilines is 1. The Morgan fingerprint density at radius 1 is 1.39 bits per heavy atom. The molecule has 5 heteroatoms. The maximum absolute atomic E-state index is 8.93. The fourth-order valence-corrected chi connectivity index (χ4v) is 3.18. The van der Waals surface area contributed by atoms with E-state index in [-0.39, 0.29) is 6.04 Å². The number of hydrogen-bond donors (Lipinski definition) is 1. The normalized spacial score (nSPS) is 11.9. The van der Waals surface area contributed by atoms with Crippen LogP contribution in [0.1, 0.15) is 23.4 Å². The molecule has 2 nitrogen and oxygen atoms in total. The lowest BCUT2D eigenvalue weighted by molar-refractivity contribution is 0.908. The van der Waals surface area contributed by atoms with Gasteiger partial charge in [-0.15, -0.1) is 11.3 Å². The summed E-state index contributed by atoms with van der Waals surface area (Å²) in [5.41, 5.74) is 1.54. The third-order valence-corrected chi connectivity index (χ3v) is 4.30. The fraction of sp³-hybridized carbons (Fsp3) is 0.154. The first kappa shape index (κ1) is 13.4. The first-order chi connectivity index (χ1) is 8.58. The van der Waals surface area contributed by atoms with Gasteiger partial charge in [0.25, 0.3) is 0 Å². The fourth-order valence-electron chi connectivity index (χ4n) is 1.62. The van der Waals surface area contributed by atoms with E-state index in [0.29, 0.717) is 5.56 Å². The van der Waals surface area contributed by atoms with Gasteiger partial charge in [0, 0.05) is 15.0 Å². The van der Waals surface area contributed by atoms with Gasteiger partial charge in [0.05, 0.1) is 22.0 Å². The number of nitriles is 1. The van der Waals surface area contributed by atoms with Gasteiger partial charge in [-0.25, -0.2) is 0 Å². The number of rotatable bonds is 3. The van der Waals surface area contributed by atoms with Gasteiger partial charge in [0.2, 0.25) is 0 Å². The molecule has 0 bridgehead atoms. The van der Waals surface area contributed by atoms with Gasteiger partial charge in [-0.05, 0) is 37.3 Å². The number of nitrogens with zero attached hydrogens (tertiary/aromatic N) is 1. The number of halogens is 2. The molecule has 1 atom stereocenters. The van der Waals surface area contributed by atoms with Crippen molar-refractivity contribution in [1.29, 1.82) is 5.26 Å². The molecule has 2 rings (SSSR count). The molecule has 0 amide bonds. The Balaban J connectivity index is 2.19. The summed E-state index contributed by atoms with van der Waals surface area (Å²) in [4.78, 5) is 1.17. The molecule has 1 aromatic carbocycles. The Bertz CT molecular complexity index is 603. The Morgan fingerprint density at radius 2 is 2.17 bits per heavy atom. The van der Waals surface area contributed by atoms with Gasteiger partial charge in [-0.3, -0.25) is 0 Å².